The predicted molar refractivity (Wildman–Crippen MR) is 137 cm³/mol. The van der Waals surface area contributed by atoms with E-state index in [0.29, 0.717) is 11.3 Å². The van der Waals surface area contributed by atoms with E-state index in [2.05, 4.69) is 10.3 Å². The Labute approximate surface area is 211 Å². The summed E-state index contributed by atoms with van der Waals surface area (Å²) in [6.07, 6.45) is 8.43. The molecule has 0 aliphatic heterocycles. The fourth-order valence-electron chi connectivity index (χ4n) is 4.69. The van der Waals surface area contributed by atoms with Crippen molar-refractivity contribution >= 4 is 17.5 Å². The highest BCUT2D eigenvalue weighted by molar-refractivity contribution is 6.02. The minimum Gasteiger partial charge on any atom is -0.367 e. The number of halogens is 1. The Morgan fingerprint density at radius 3 is 2.53 bits per heavy atom. The number of amides is 2. The number of hydrogen-bond donors (Lipinski definition) is 1. The van der Waals surface area contributed by atoms with Crippen LogP contribution in [-0.2, 0) is 20.9 Å². The number of anilines is 1. The van der Waals surface area contributed by atoms with Crippen molar-refractivity contribution in [2.75, 3.05) is 11.5 Å². The van der Waals surface area contributed by atoms with Crippen molar-refractivity contribution in [2.24, 2.45) is 0 Å². The molecule has 2 amide bonds. The average Bonchev–Trinajstić information content (AvgIpc) is 2.89. The third-order valence-corrected chi connectivity index (χ3v) is 6.54. The second kappa shape index (κ2) is 12.4. The number of rotatable bonds is 9. The molecule has 0 spiro atoms. The number of aryl methyl sites for hydroxylation is 1. The topological polar surface area (TPSA) is 71.5 Å². The molecular formula is C29H32FN3O3. The first-order chi connectivity index (χ1) is 17.5. The van der Waals surface area contributed by atoms with E-state index < -0.39 is 17.8 Å². The molecule has 1 N–H and O–H groups in total. The zero-order chi connectivity index (χ0) is 25.3. The van der Waals surface area contributed by atoms with Crippen molar-refractivity contribution in [3.05, 3.63) is 95.6 Å². The lowest BCUT2D eigenvalue weighted by Crippen LogP contribution is -2.48. The molecule has 7 heteroatoms. The molecule has 2 aromatic carbocycles. The zero-order valence-electron chi connectivity index (χ0n) is 20.5. The van der Waals surface area contributed by atoms with Crippen molar-refractivity contribution in [2.45, 2.75) is 57.7 Å². The molecule has 1 fully saturated rings. The Hall–Kier alpha value is -3.58. The predicted octanol–water partition coefficient (Wildman–Crippen LogP) is 5.27. The first-order valence-corrected chi connectivity index (χ1v) is 12.4. The second-order valence-corrected chi connectivity index (χ2v) is 9.19. The summed E-state index contributed by atoms with van der Waals surface area (Å²) in [6.45, 7) is 1.86. The van der Waals surface area contributed by atoms with Crippen LogP contribution in [0.5, 0.6) is 0 Å². The van der Waals surface area contributed by atoms with Gasteiger partial charge in [-0.3, -0.25) is 19.5 Å². The number of hydrogen-bond acceptors (Lipinski definition) is 4. The zero-order valence-corrected chi connectivity index (χ0v) is 20.5. The summed E-state index contributed by atoms with van der Waals surface area (Å²) in [4.78, 5) is 32.8. The maximum atomic E-state index is 14.3. The Balaban J connectivity index is 1.66. The average molecular weight is 490 g/mol. The van der Waals surface area contributed by atoms with E-state index in [4.69, 9.17) is 4.74 Å². The molecule has 1 saturated carbocycles. The van der Waals surface area contributed by atoms with Crippen LogP contribution >= 0.6 is 0 Å². The van der Waals surface area contributed by atoms with Gasteiger partial charge in [-0.25, -0.2) is 4.39 Å². The largest absolute Gasteiger partial charge is 0.367 e. The molecule has 1 aromatic heterocycles. The highest BCUT2D eigenvalue weighted by Crippen LogP contribution is 2.31. The third kappa shape index (κ3) is 6.55. The van der Waals surface area contributed by atoms with Gasteiger partial charge in [-0.15, -0.1) is 0 Å². The van der Waals surface area contributed by atoms with Crippen LogP contribution < -0.4 is 10.2 Å². The molecule has 0 radical (unpaired) electrons. The number of carbonyl (C=O) groups is 2. The van der Waals surface area contributed by atoms with E-state index in [0.717, 1.165) is 43.2 Å². The number of nitrogens with one attached hydrogen (secondary N) is 1. The van der Waals surface area contributed by atoms with Gasteiger partial charge in [0.2, 0.25) is 5.91 Å². The molecule has 4 rings (SSSR count). The summed E-state index contributed by atoms with van der Waals surface area (Å²) in [7, 11) is 0. The van der Waals surface area contributed by atoms with Gasteiger partial charge in [0.1, 0.15) is 18.5 Å². The number of carbonyl (C=O) groups excluding carboxylic acids is 2. The van der Waals surface area contributed by atoms with Gasteiger partial charge in [0.15, 0.2) is 0 Å². The molecule has 1 heterocycles. The van der Waals surface area contributed by atoms with Gasteiger partial charge in [0, 0.05) is 24.1 Å². The Kier molecular flexibility index (Phi) is 8.79. The summed E-state index contributed by atoms with van der Waals surface area (Å²) in [5.74, 6) is -1.19. The SMILES string of the molecule is Cc1ccccc1C(C(=O)NC1CCCCC1)N(C(=O)COCc1ccncc1)c1cccc(F)c1. The number of ether oxygens (including phenoxy) is 1. The Morgan fingerprint density at radius 2 is 1.81 bits per heavy atom. The molecule has 1 atom stereocenters. The maximum absolute atomic E-state index is 14.3. The molecule has 0 saturated heterocycles. The molecule has 6 nitrogen and oxygen atoms in total. The third-order valence-electron chi connectivity index (χ3n) is 6.54. The Morgan fingerprint density at radius 1 is 1.06 bits per heavy atom. The van der Waals surface area contributed by atoms with Crippen LogP contribution in [0.4, 0.5) is 10.1 Å². The molecule has 188 valence electrons. The lowest BCUT2D eigenvalue weighted by atomic mass is 9.93. The summed E-state index contributed by atoms with van der Waals surface area (Å²) < 4.78 is 20.0. The molecular weight excluding hydrogens is 457 g/mol. The van der Waals surface area contributed by atoms with Crippen molar-refractivity contribution in [3.63, 3.8) is 0 Å². The summed E-state index contributed by atoms with van der Waals surface area (Å²) in [5, 5.41) is 3.17. The van der Waals surface area contributed by atoms with Crippen LogP contribution in [0.2, 0.25) is 0 Å². The monoisotopic (exact) mass is 489 g/mol. The molecule has 1 aliphatic carbocycles. The summed E-state index contributed by atoms with van der Waals surface area (Å²) in [5.41, 5.74) is 2.74. The molecule has 1 aliphatic rings. The van der Waals surface area contributed by atoms with Crippen molar-refractivity contribution in [3.8, 4) is 0 Å². The van der Waals surface area contributed by atoms with Gasteiger partial charge in [-0.2, -0.15) is 0 Å². The van der Waals surface area contributed by atoms with E-state index >= 15 is 0 Å². The minimum absolute atomic E-state index is 0.0603. The van der Waals surface area contributed by atoms with Crippen molar-refractivity contribution in [1.82, 2.24) is 10.3 Å². The molecule has 36 heavy (non-hydrogen) atoms. The first kappa shape index (κ1) is 25.5. The lowest BCUT2D eigenvalue weighted by molar-refractivity contribution is -0.129. The smallest absolute Gasteiger partial charge is 0.254 e. The van der Waals surface area contributed by atoms with Crippen LogP contribution in [0.3, 0.4) is 0 Å². The van der Waals surface area contributed by atoms with E-state index in [-0.39, 0.29) is 25.2 Å². The van der Waals surface area contributed by atoms with Crippen molar-refractivity contribution < 1.29 is 18.7 Å². The van der Waals surface area contributed by atoms with E-state index in [1.165, 1.54) is 23.1 Å². The van der Waals surface area contributed by atoms with E-state index in [1.54, 1.807) is 18.5 Å². The van der Waals surface area contributed by atoms with Crippen LogP contribution in [0.25, 0.3) is 0 Å². The summed E-state index contributed by atoms with van der Waals surface area (Å²) in [6, 6.07) is 16.0. The maximum Gasteiger partial charge on any atom is 0.254 e. The van der Waals surface area contributed by atoms with Gasteiger partial charge < -0.3 is 10.1 Å². The van der Waals surface area contributed by atoms with Crippen LogP contribution in [0.1, 0.15) is 54.8 Å². The van der Waals surface area contributed by atoms with Crippen LogP contribution in [0.15, 0.2) is 73.1 Å². The number of aromatic nitrogens is 1. The van der Waals surface area contributed by atoms with E-state index in [9.17, 15) is 14.0 Å². The van der Waals surface area contributed by atoms with Gasteiger partial charge in [0.05, 0.1) is 6.61 Å². The number of benzene rings is 2. The van der Waals surface area contributed by atoms with Gasteiger partial charge in [0.25, 0.3) is 5.91 Å². The molecule has 0 bridgehead atoms. The Bertz CT molecular complexity index is 1170. The second-order valence-electron chi connectivity index (χ2n) is 9.19. The van der Waals surface area contributed by atoms with E-state index in [1.807, 2.05) is 43.3 Å². The highest BCUT2D eigenvalue weighted by Gasteiger charge is 2.35. The molecule has 3 aromatic rings. The van der Waals surface area contributed by atoms with Gasteiger partial charge >= 0.3 is 0 Å². The van der Waals surface area contributed by atoms with Gasteiger partial charge in [-0.1, -0.05) is 49.6 Å². The standard InChI is InChI=1S/C29H32FN3O3/c1-21-8-5-6-13-26(21)28(29(35)32-24-10-3-2-4-11-24)33(25-12-7-9-23(30)18-25)27(34)20-36-19-22-14-16-31-17-15-22/h5-9,12-18,24,28H,2-4,10-11,19-20H2,1H3,(H,32,35). The van der Waals surface area contributed by atoms with Crippen LogP contribution in [-0.4, -0.2) is 29.4 Å². The van der Waals surface area contributed by atoms with Gasteiger partial charge in [-0.05, 0) is 66.8 Å². The lowest BCUT2D eigenvalue weighted by Gasteiger charge is -2.34. The fraction of sp³-hybridized carbons (Fsp3) is 0.345. The minimum atomic E-state index is -0.966. The molecule has 1 unspecified atom stereocenters. The fourth-order valence-corrected chi connectivity index (χ4v) is 4.69. The first-order valence-electron chi connectivity index (χ1n) is 12.4. The van der Waals surface area contributed by atoms with Crippen molar-refractivity contribution in [1.29, 1.82) is 0 Å². The normalized spacial score (nSPS) is 14.7. The highest BCUT2D eigenvalue weighted by atomic mass is 19.1. The number of nitrogens with zero attached hydrogens (tertiary/aromatic N) is 2. The summed E-state index contributed by atoms with van der Waals surface area (Å²) >= 11 is 0. The van der Waals surface area contributed by atoms with Crippen LogP contribution in [0, 0.1) is 12.7 Å². The quantitative estimate of drug-likeness (QED) is 0.445. The number of pyridine rings is 1.